The van der Waals surface area contributed by atoms with Crippen LogP contribution in [0, 0.1) is 0 Å². The Morgan fingerprint density at radius 1 is 0.905 bits per heavy atom. The number of hydrogen-bond donors (Lipinski definition) is 1. The molecule has 21 heavy (non-hydrogen) atoms. The number of rotatable bonds is 2. The molecule has 0 radical (unpaired) electrons. The average Bonchev–Trinajstić information content (AvgIpc) is 3.15. The van der Waals surface area contributed by atoms with Crippen molar-refractivity contribution in [3.05, 3.63) is 42.0 Å². The van der Waals surface area contributed by atoms with Crippen molar-refractivity contribution in [2.45, 2.75) is 0 Å². The van der Waals surface area contributed by atoms with Crippen LogP contribution in [0.4, 0.5) is 5.69 Å². The number of carbonyl (C=O) groups excluding carboxylic acids is 1. The molecule has 106 valence electrons. The molecule has 2 heterocycles. The third-order valence-corrected chi connectivity index (χ3v) is 3.28. The molecule has 0 aromatic heterocycles. The molecule has 4 rings (SSSR count). The SMILES string of the molecule is O=C(Nc1cccc2c1OCO2)c1ccc2c(c1)OCO2. The van der Waals surface area contributed by atoms with Crippen molar-refractivity contribution in [2.75, 3.05) is 18.9 Å². The molecule has 2 aliphatic rings. The van der Waals surface area contributed by atoms with Gasteiger partial charge in [0.05, 0.1) is 5.69 Å². The van der Waals surface area contributed by atoms with E-state index in [0.29, 0.717) is 34.2 Å². The first kappa shape index (κ1) is 11.9. The summed E-state index contributed by atoms with van der Waals surface area (Å²) in [5, 5.41) is 2.81. The van der Waals surface area contributed by atoms with Gasteiger partial charge in [0.25, 0.3) is 5.91 Å². The quantitative estimate of drug-likeness (QED) is 0.917. The van der Waals surface area contributed by atoms with Gasteiger partial charge in [0.2, 0.25) is 13.6 Å². The lowest BCUT2D eigenvalue weighted by Gasteiger charge is -2.08. The molecule has 0 atom stereocenters. The molecule has 1 amide bonds. The number of benzene rings is 2. The summed E-state index contributed by atoms with van der Waals surface area (Å²) in [5.74, 6) is 2.13. The standard InChI is InChI=1S/C15H11NO5/c17-15(9-4-5-11-13(6-9)20-7-18-11)16-10-2-1-3-12-14(10)21-8-19-12/h1-6H,7-8H2,(H,16,17). The zero-order valence-electron chi connectivity index (χ0n) is 10.9. The molecule has 2 aliphatic heterocycles. The molecule has 2 aromatic rings. The molecule has 0 saturated carbocycles. The molecule has 0 bridgehead atoms. The number of para-hydroxylation sites is 1. The predicted molar refractivity (Wildman–Crippen MR) is 73.1 cm³/mol. The molecule has 0 fully saturated rings. The van der Waals surface area contributed by atoms with Crippen molar-refractivity contribution in [3.8, 4) is 23.0 Å². The van der Waals surface area contributed by atoms with Crippen molar-refractivity contribution < 1.29 is 23.7 Å². The summed E-state index contributed by atoms with van der Waals surface area (Å²) in [7, 11) is 0. The highest BCUT2D eigenvalue weighted by Crippen LogP contribution is 2.39. The highest BCUT2D eigenvalue weighted by molar-refractivity contribution is 6.05. The molecule has 1 N–H and O–H groups in total. The van der Waals surface area contributed by atoms with Crippen LogP contribution < -0.4 is 24.3 Å². The van der Waals surface area contributed by atoms with Gasteiger partial charge in [-0.05, 0) is 30.3 Å². The number of fused-ring (bicyclic) bond motifs is 2. The second-order valence-electron chi connectivity index (χ2n) is 4.56. The van der Waals surface area contributed by atoms with E-state index in [-0.39, 0.29) is 19.5 Å². The van der Waals surface area contributed by atoms with Crippen molar-refractivity contribution in [2.24, 2.45) is 0 Å². The third-order valence-electron chi connectivity index (χ3n) is 3.28. The second-order valence-corrected chi connectivity index (χ2v) is 4.56. The predicted octanol–water partition coefficient (Wildman–Crippen LogP) is 2.40. The van der Waals surface area contributed by atoms with Gasteiger partial charge in [-0.2, -0.15) is 0 Å². The maximum atomic E-state index is 12.3. The van der Waals surface area contributed by atoms with Gasteiger partial charge in [0, 0.05) is 5.56 Å². The van der Waals surface area contributed by atoms with E-state index < -0.39 is 0 Å². The van der Waals surface area contributed by atoms with Crippen molar-refractivity contribution in [1.82, 2.24) is 0 Å². The van der Waals surface area contributed by atoms with E-state index in [1.807, 2.05) is 0 Å². The maximum Gasteiger partial charge on any atom is 0.255 e. The normalized spacial score (nSPS) is 14.1. The van der Waals surface area contributed by atoms with E-state index in [1.165, 1.54) is 0 Å². The maximum absolute atomic E-state index is 12.3. The second kappa shape index (κ2) is 4.59. The van der Waals surface area contributed by atoms with E-state index in [9.17, 15) is 4.79 Å². The number of carbonyl (C=O) groups is 1. The van der Waals surface area contributed by atoms with Crippen LogP contribution >= 0.6 is 0 Å². The first-order valence-electron chi connectivity index (χ1n) is 6.41. The molecule has 0 saturated heterocycles. The largest absolute Gasteiger partial charge is 0.454 e. The Balaban J connectivity index is 1.60. The first-order chi connectivity index (χ1) is 10.3. The Labute approximate surface area is 120 Å². The summed E-state index contributed by atoms with van der Waals surface area (Å²) in [6.07, 6.45) is 0. The van der Waals surface area contributed by atoms with Gasteiger partial charge >= 0.3 is 0 Å². The van der Waals surface area contributed by atoms with Crippen LogP contribution in [0.2, 0.25) is 0 Å². The smallest absolute Gasteiger partial charge is 0.255 e. The van der Waals surface area contributed by atoms with Crippen LogP contribution in [0.1, 0.15) is 10.4 Å². The van der Waals surface area contributed by atoms with E-state index >= 15 is 0 Å². The number of ether oxygens (including phenoxy) is 4. The fourth-order valence-corrected chi connectivity index (χ4v) is 2.26. The number of hydrogen-bond acceptors (Lipinski definition) is 5. The van der Waals surface area contributed by atoms with Gasteiger partial charge in [-0.1, -0.05) is 6.07 Å². The third kappa shape index (κ3) is 2.01. The zero-order valence-corrected chi connectivity index (χ0v) is 10.9. The Kier molecular flexibility index (Phi) is 2.60. The van der Waals surface area contributed by atoms with Crippen LogP contribution in [0.5, 0.6) is 23.0 Å². The van der Waals surface area contributed by atoms with E-state index in [1.54, 1.807) is 36.4 Å². The summed E-state index contributed by atoms with van der Waals surface area (Å²) in [6.45, 7) is 0.337. The summed E-state index contributed by atoms with van der Waals surface area (Å²) < 4.78 is 21.1. The molecule has 2 aromatic carbocycles. The Morgan fingerprint density at radius 3 is 2.67 bits per heavy atom. The fourth-order valence-electron chi connectivity index (χ4n) is 2.26. The van der Waals surface area contributed by atoms with Crippen molar-refractivity contribution >= 4 is 11.6 Å². The summed E-state index contributed by atoms with van der Waals surface area (Å²) in [6, 6.07) is 10.4. The van der Waals surface area contributed by atoms with Crippen molar-refractivity contribution in [3.63, 3.8) is 0 Å². The summed E-state index contributed by atoms with van der Waals surface area (Å²) >= 11 is 0. The highest BCUT2D eigenvalue weighted by Gasteiger charge is 2.20. The minimum atomic E-state index is -0.253. The lowest BCUT2D eigenvalue weighted by molar-refractivity contribution is 0.102. The minimum Gasteiger partial charge on any atom is -0.454 e. The lowest BCUT2D eigenvalue weighted by atomic mass is 10.2. The summed E-state index contributed by atoms with van der Waals surface area (Å²) in [5.41, 5.74) is 1.06. The lowest BCUT2D eigenvalue weighted by Crippen LogP contribution is -2.12. The van der Waals surface area contributed by atoms with Gasteiger partial charge in [-0.15, -0.1) is 0 Å². The van der Waals surface area contributed by atoms with Gasteiger partial charge in [0.15, 0.2) is 23.0 Å². The minimum absolute atomic E-state index is 0.159. The van der Waals surface area contributed by atoms with Gasteiger partial charge in [-0.25, -0.2) is 0 Å². The number of nitrogens with one attached hydrogen (secondary N) is 1. The van der Waals surface area contributed by atoms with Crippen LogP contribution in [-0.4, -0.2) is 19.5 Å². The van der Waals surface area contributed by atoms with E-state index in [0.717, 1.165) is 0 Å². The number of amides is 1. The highest BCUT2D eigenvalue weighted by atomic mass is 16.7. The van der Waals surface area contributed by atoms with Crippen LogP contribution in [0.25, 0.3) is 0 Å². The van der Waals surface area contributed by atoms with Crippen molar-refractivity contribution in [1.29, 1.82) is 0 Å². The van der Waals surface area contributed by atoms with Gasteiger partial charge in [0.1, 0.15) is 0 Å². The number of anilines is 1. The monoisotopic (exact) mass is 285 g/mol. The fraction of sp³-hybridized carbons (Fsp3) is 0.133. The van der Waals surface area contributed by atoms with Crippen LogP contribution in [0.3, 0.4) is 0 Å². The zero-order chi connectivity index (χ0) is 14.2. The Morgan fingerprint density at radius 2 is 1.71 bits per heavy atom. The van der Waals surface area contributed by atoms with E-state index in [4.69, 9.17) is 18.9 Å². The Bertz CT molecular complexity index is 728. The topological polar surface area (TPSA) is 66.0 Å². The molecular formula is C15H11NO5. The Hall–Kier alpha value is -2.89. The first-order valence-corrected chi connectivity index (χ1v) is 6.41. The molecular weight excluding hydrogens is 274 g/mol. The molecule has 0 aliphatic carbocycles. The van der Waals surface area contributed by atoms with E-state index in [2.05, 4.69) is 5.32 Å². The molecule has 0 spiro atoms. The van der Waals surface area contributed by atoms with Crippen LogP contribution in [0.15, 0.2) is 36.4 Å². The van der Waals surface area contributed by atoms with Crippen LogP contribution in [-0.2, 0) is 0 Å². The average molecular weight is 285 g/mol. The molecule has 0 unspecified atom stereocenters. The van der Waals surface area contributed by atoms with Gasteiger partial charge in [-0.3, -0.25) is 4.79 Å². The molecule has 6 nitrogen and oxygen atoms in total. The molecule has 6 heteroatoms. The van der Waals surface area contributed by atoms with Gasteiger partial charge < -0.3 is 24.3 Å². The summed E-state index contributed by atoms with van der Waals surface area (Å²) in [4.78, 5) is 12.3.